The minimum absolute atomic E-state index is 0.0908. The summed E-state index contributed by atoms with van der Waals surface area (Å²) >= 11 is 20.4. The van der Waals surface area contributed by atoms with E-state index in [1.165, 1.54) is 0 Å². The average Bonchev–Trinajstić information content (AvgIpc) is 3.24. The molecular formula is C31H30Cl3NO5S. The number of aliphatic carboxylic acids is 1. The summed E-state index contributed by atoms with van der Waals surface area (Å²) in [6.07, 6.45) is 1.12. The van der Waals surface area contributed by atoms with Crippen molar-refractivity contribution in [3.8, 4) is 22.5 Å². The minimum Gasteiger partial charge on any atom is -0.480 e. The van der Waals surface area contributed by atoms with E-state index in [0.717, 1.165) is 27.8 Å². The standard InChI is InChI=1S/C31H30Cl3NO5S/c1-18-5-3-4-6-22(18)24-15-19(7-12-23(24)30(36)35-25(31(37)38)13-14-41-2)16-39-17-26-27(33)28(34)29(40-26)20-8-10-21(32)11-9-20/h3-12,15,25,30,35-36H,13-14,16-17H2,1-2H3,(H,37,38)/t25-,30?/m0/s1. The lowest BCUT2D eigenvalue weighted by Crippen LogP contribution is -2.39. The van der Waals surface area contributed by atoms with E-state index >= 15 is 0 Å². The molecule has 0 radical (unpaired) electrons. The Morgan fingerprint density at radius 3 is 2.41 bits per heavy atom. The molecule has 1 heterocycles. The van der Waals surface area contributed by atoms with Crippen LogP contribution >= 0.6 is 46.6 Å². The Morgan fingerprint density at radius 1 is 1.00 bits per heavy atom. The molecule has 0 aliphatic carbocycles. The molecule has 6 nitrogen and oxygen atoms in total. The summed E-state index contributed by atoms with van der Waals surface area (Å²) < 4.78 is 11.9. The second kappa shape index (κ2) is 14.6. The predicted octanol–water partition coefficient (Wildman–Crippen LogP) is 8.39. The second-order valence-electron chi connectivity index (χ2n) is 9.46. The van der Waals surface area contributed by atoms with Crippen LogP contribution in [0.25, 0.3) is 22.5 Å². The molecule has 41 heavy (non-hydrogen) atoms. The molecular weight excluding hydrogens is 605 g/mol. The van der Waals surface area contributed by atoms with E-state index in [0.29, 0.717) is 39.3 Å². The van der Waals surface area contributed by atoms with E-state index in [9.17, 15) is 15.0 Å². The van der Waals surface area contributed by atoms with E-state index in [1.807, 2.05) is 49.6 Å². The van der Waals surface area contributed by atoms with Gasteiger partial charge in [-0.1, -0.05) is 71.2 Å². The third kappa shape index (κ3) is 7.87. The fourth-order valence-electron chi connectivity index (χ4n) is 4.41. The highest BCUT2D eigenvalue weighted by molar-refractivity contribution is 7.98. The predicted molar refractivity (Wildman–Crippen MR) is 167 cm³/mol. The van der Waals surface area contributed by atoms with Gasteiger partial charge in [0.2, 0.25) is 0 Å². The molecule has 2 atom stereocenters. The number of aliphatic hydroxyl groups excluding tert-OH is 1. The lowest BCUT2D eigenvalue weighted by Gasteiger charge is -2.23. The maximum atomic E-state index is 11.8. The van der Waals surface area contributed by atoms with Crippen LogP contribution in [0.3, 0.4) is 0 Å². The number of hydrogen-bond donors (Lipinski definition) is 3. The zero-order valence-electron chi connectivity index (χ0n) is 22.5. The first-order valence-electron chi connectivity index (χ1n) is 12.8. The van der Waals surface area contributed by atoms with Gasteiger partial charge in [-0.15, -0.1) is 0 Å². The van der Waals surface area contributed by atoms with Crippen LogP contribution < -0.4 is 5.32 Å². The molecule has 3 aromatic carbocycles. The number of ether oxygens (including phenoxy) is 1. The number of halogens is 3. The van der Waals surface area contributed by atoms with Crippen LogP contribution in [-0.4, -0.2) is 34.2 Å². The smallest absolute Gasteiger partial charge is 0.320 e. The van der Waals surface area contributed by atoms with Crippen molar-refractivity contribution in [2.45, 2.75) is 38.8 Å². The van der Waals surface area contributed by atoms with E-state index in [-0.39, 0.29) is 18.2 Å². The number of furan rings is 1. The first-order valence-corrected chi connectivity index (χ1v) is 15.4. The van der Waals surface area contributed by atoms with Crippen molar-refractivity contribution < 1.29 is 24.2 Å². The molecule has 4 aromatic rings. The SMILES string of the molecule is CSCC[C@H](NC(O)c1ccc(COCc2oc(-c3ccc(Cl)cc3)c(Cl)c2Cl)cc1-c1ccccc1C)C(=O)O. The van der Waals surface area contributed by atoms with Gasteiger partial charge >= 0.3 is 5.97 Å². The Bertz CT molecular complexity index is 1490. The number of benzene rings is 3. The summed E-state index contributed by atoms with van der Waals surface area (Å²) in [6.45, 7) is 2.31. The van der Waals surface area contributed by atoms with Crippen molar-refractivity contribution in [2.24, 2.45) is 0 Å². The molecule has 216 valence electrons. The molecule has 0 bridgehead atoms. The molecule has 10 heteroatoms. The highest BCUT2D eigenvalue weighted by atomic mass is 35.5. The van der Waals surface area contributed by atoms with Crippen molar-refractivity contribution in [3.05, 3.63) is 104 Å². The summed E-state index contributed by atoms with van der Waals surface area (Å²) in [5, 5.41) is 24.8. The van der Waals surface area contributed by atoms with Crippen LogP contribution in [0.2, 0.25) is 15.1 Å². The third-order valence-corrected chi connectivity index (χ3v) is 8.34. The van der Waals surface area contributed by atoms with Crippen LogP contribution in [-0.2, 0) is 22.7 Å². The van der Waals surface area contributed by atoms with Crippen LogP contribution in [0.15, 0.2) is 71.1 Å². The molecule has 0 spiro atoms. The average molecular weight is 635 g/mol. The Balaban J connectivity index is 1.54. The first kappa shape index (κ1) is 31.4. The van der Waals surface area contributed by atoms with E-state index in [1.54, 1.807) is 42.1 Å². The molecule has 0 fully saturated rings. The third-order valence-electron chi connectivity index (χ3n) is 6.59. The van der Waals surface area contributed by atoms with Gasteiger partial charge in [0.15, 0.2) is 11.5 Å². The molecule has 3 N–H and O–H groups in total. The largest absolute Gasteiger partial charge is 0.480 e. The normalized spacial score (nSPS) is 12.8. The molecule has 0 aliphatic rings. The van der Waals surface area contributed by atoms with Crippen molar-refractivity contribution in [3.63, 3.8) is 0 Å². The van der Waals surface area contributed by atoms with Gasteiger partial charge in [-0.2, -0.15) is 11.8 Å². The molecule has 4 rings (SSSR count). The lowest BCUT2D eigenvalue weighted by atomic mass is 9.93. The molecule has 1 aromatic heterocycles. The van der Waals surface area contributed by atoms with Gasteiger partial charge in [-0.3, -0.25) is 10.1 Å². The van der Waals surface area contributed by atoms with E-state index < -0.39 is 18.2 Å². The summed E-state index contributed by atoms with van der Waals surface area (Å²) in [6, 6.07) is 19.6. The van der Waals surface area contributed by atoms with Gasteiger partial charge in [0.25, 0.3) is 0 Å². The summed E-state index contributed by atoms with van der Waals surface area (Å²) in [5.74, 6) is 0.499. The number of aliphatic hydroxyl groups is 1. The van der Waals surface area contributed by atoms with E-state index in [2.05, 4.69) is 5.32 Å². The molecule has 0 amide bonds. The highest BCUT2D eigenvalue weighted by Crippen LogP contribution is 2.39. The van der Waals surface area contributed by atoms with Crippen molar-refractivity contribution in [1.82, 2.24) is 5.32 Å². The number of thioether (sulfide) groups is 1. The van der Waals surface area contributed by atoms with Crippen LogP contribution in [0, 0.1) is 6.92 Å². The Hall–Kier alpha value is -2.49. The van der Waals surface area contributed by atoms with Gasteiger partial charge in [0.05, 0.1) is 6.61 Å². The number of carbonyl (C=O) groups is 1. The summed E-state index contributed by atoms with van der Waals surface area (Å²) in [7, 11) is 0. The van der Waals surface area contributed by atoms with Gasteiger partial charge in [0, 0.05) is 16.1 Å². The van der Waals surface area contributed by atoms with Crippen LogP contribution in [0.1, 0.15) is 35.1 Å². The zero-order valence-corrected chi connectivity index (χ0v) is 25.6. The summed E-state index contributed by atoms with van der Waals surface area (Å²) in [5.41, 5.74) is 4.90. The number of hydrogen-bond acceptors (Lipinski definition) is 6. The number of aryl methyl sites for hydroxylation is 1. The molecule has 1 unspecified atom stereocenters. The molecule has 0 saturated heterocycles. The maximum Gasteiger partial charge on any atom is 0.320 e. The topological polar surface area (TPSA) is 91.9 Å². The quantitative estimate of drug-likeness (QED) is 0.127. The van der Waals surface area contributed by atoms with Gasteiger partial charge in [-0.05, 0) is 77.9 Å². The van der Waals surface area contributed by atoms with Gasteiger partial charge in [-0.25, -0.2) is 0 Å². The Labute approximate surface area is 258 Å². The molecule has 0 saturated carbocycles. The number of carboxylic acid groups (broad SMARTS) is 1. The van der Waals surface area contributed by atoms with E-state index in [4.69, 9.17) is 44.0 Å². The second-order valence-corrected chi connectivity index (χ2v) is 11.6. The van der Waals surface area contributed by atoms with Crippen molar-refractivity contribution >= 4 is 52.5 Å². The monoisotopic (exact) mass is 633 g/mol. The molecule has 0 aliphatic heterocycles. The van der Waals surface area contributed by atoms with Gasteiger partial charge in [0.1, 0.15) is 28.9 Å². The highest BCUT2D eigenvalue weighted by Gasteiger charge is 2.24. The first-order chi connectivity index (χ1) is 19.7. The summed E-state index contributed by atoms with van der Waals surface area (Å²) in [4.78, 5) is 11.8. The Morgan fingerprint density at radius 2 is 1.73 bits per heavy atom. The number of rotatable bonds is 13. The van der Waals surface area contributed by atoms with Crippen LogP contribution in [0.4, 0.5) is 0 Å². The van der Waals surface area contributed by atoms with Gasteiger partial charge < -0.3 is 19.4 Å². The zero-order chi connectivity index (χ0) is 29.5. The minimum atomic E-state index is -1.18. The maximum absolute atomic E-state index is 11.8. The fraction of sp³-hybridized carbons (Fsp3) is 0.258. The number of nitrogens with one attached hydrogen (secondary N) is 1. The Kier molecular flexibility index (Phi) is 11.2. The van der Waals surface area contributed by atoms with Crippen molar-refractivity contribution in [2.75, 3.05) is 12.0 Å². The fourth-order valence-corrected chi connectivity index (χ4v) is 5.44. The van der Waals surface area contributed by atoms with Crippen LogP contribution in [0.5, 0.6) is 0 Å². The number of carboxylic acids is 1. The lowest BCUT2D eigenvalue weighted by molar-refractivity contribution is -0.140. The van der Waals surface area contributed by atoms with Crippen molar-refractivity contribution in [1.29, 1.82) is 0 Å².